The van der Waals surface area contributed by atoms with E-state index in [1.807, 2.05) is 0 Å². The molecule has 0 aliphatic heterocycles. The summed E-state index contributed by atoms with van der Waals surface area (Å²) in [5.41, 5.74) is 5.84. The lowest BCUT2D eigenvalue weighted by atomic mass is 10.2. The average molecular weight is 433 g/mol. The van der Waals surface area contributed by atoms with E-state index in [0.29, 0.717) is 25.6 Å². The van der Waals surface area contributed by atoms with Gasteiger partial charge in [-0.05, 0) is 37.0 Å². The molecule has 1 aliphatic rings. The number of carbonyl (C=O) groups is 2. The molecule has 1 aliphatic carbocycles. The second kappa shape index (κ2) is 10.8. The number of carbonyl (C=O) groups excluding carboxylic acids is 2. The predicted molar refractivity (Wildman–Crippen MR) is 110 cm³/mol. The Labute approximate surface area is 172 Å². The molecule has 0 radical (unpaired) electrons. The summed E-state index contributed by atoms with van der Waals surface area (Å²) in [6.07, 6.45) is 2.12. The molecule has 1 aromatic carbocycles. The van der Waals surface area contributed by atoms with Crippen molar-refractivity contribution in [2.75, 3.05) is 26.2 Å². The van der Waals surface area contributed by atoms with Crippen LogP contribution in [0.15, 0.2) is 29.2 Å². The molecule has 0 aromatic heterocycles. The normalized spacial score (nSPS) is 14.9. The summed E-state index contributed by atoms with van der Waals surface area (Å²) in [5.74, 6) is -0.383. The van der Waals surface area contributed by atoms with Crippen LogP contribution in [0.4, 0.5) is 0 Å². The largest absolute Gasteiger partial charge is 0.350 e. The van der Waals surface area contributed by atoms with Gasteiger partial charge in [0, 0.05) is 31.2 Å². The van der Waals surface area contributed by atoms with Crippen LogP contribution in [0.2, 0.25) is 0 Å². The maximum absolute atomic E-state index is 12.6. The van der Waals surface area contributed by atoms with Gasteiger partial charge in [-0.1, -0.05) is 19.9 Å². The van der Waals surface area contributed by atoms with Crippen molar-refractivity contribution >= 4 is 34.2 Å². The SMILES string of the molecule is CCN(CC)S(=O)(=O)c1cccc(C(=O)NCC(=O)NC(CN)C2CC2)c1.Cl. The molecule has 8 nitrogen and oxygen atoms in total. The first kappa shape index (κ1) is 24.4. The Hall–Kier alpha value is -1.68. The van der Waals surface area contributed by atoms with Crippen LogP contribution in [-0.2, 0) is 14.8 Å². The summed E-state index contributed by atoms with van der Waals surface area (Å²) in [7, 11) is -3.65. The van der Waals surface area contributed by atoms with E-state index in [9.17, 15) is 18.0 Å². The van der Waals surface area contributed by atoms with Crippen LogP contribution < -0.4 is 16.4 Å². The molecule has 0 spiro atoms. The number of rotatable bonds is 10. The highest BCUT2D eigenvalue weighted by molar-refractivity contribution is 7.89. The summed E-state index contributed by atoms with van der Waals surface area (Å²) in [6.45, 7) is 4.39. The Morgan fingerprint density at radius 1 is 1.25 bits per heavy atom. The molecule has 0 bridgehead atoms. The molecule has 4 N–H and O–H groups in total. The number of amides is 2. The van der Waals surface area contributed by atoms with Gasteiger partial charge in [-0.3, -0.25) is 9.59 Å². The first-order valence-corrected chi connectivity index (χ1v) is 10.6. The lowest BCUT2D eigenvalue weighted by Crippen LogP contribution is -2.46. The van der Waals surface area contributed by atoms with Crippen LogP contribution in [0, 0.1) is 5.92 Å². The van der Waals surface area contributed by atoms with Gasteiger partial charge >= 0.3 is 0 Å². The van der Waals surface area contributed by atoms with Crippen molar-refractivity contribution in [2.45, 2.75) is 37.6 Å². The monoisotopic (exact) mass is 432 g/mol. The van der Waals surface area contributed by atoms with Gasteiger partial charge in [0.15, 0.2) is 0 Å². The Morgan fingerprint density at radius 2 is 1.89 bits per heavy atom. The Bertz CT molecular complexity index is 780. The zero-order valence-electron chi connectivity index (χ0n) is 16.2. The fourth-order valence-corrected chi connectivity index (χ4v) is 4.40. The molecule has 1 atom stereocenters. The highest BCUT2D eigenvalue weighted by Crippen LogP contribution is 2.32. The smallest absolute Gasteiger partial charge is 0.251 e. The van der Waals surface area contributed by atoms with Crippen molar-refractivity contribution < 1.29 is 18.0 Å². The molecule has 2 rings (SSSR count). The third-order valence-corrected chi connectivity index (χ3v) is 6.69. The third kappa shape index (κ3) is 6.16. The summed E-state index contributed by atoms with van der Waals surface area (Å²) < 4.78 is 26.5. The summed E-state index contributed by atoms with van der Waals surface area (Å²) in [5, 5.41) is 5.34. The van der Waals surface area contributed by atoms with Crippen molar-refractivity contribution in [1.29, 1.82) is 0 Å². The van der Waals surface area contributed by atoms with Gasteiger partial charge in [0.1, 0.15) is 0 Å². The number of nitrogens with two attached hydrogens (primary N) is 1. The van der Waals surface area contributed by atoms with Crippen molar-refractivity contribution in [3.05, 3.63) is 29.8 Å². The summed E-state index contributed by atoms with van der Waals surface area (Å²) >= 11 is 0. The van der Waals surface area contributed by atoms with E-state index in [-0.39, 0.29) is 41.4 Å². The van der Waals surface area contributed by atoms with Crippen LogP contribution in [0.25, 0.3) is 0 Å². The molecule has 2 amide bonds. The molecule has 1 saturated carbocycles. The van der Waals surface area contributed by atoms with E-state index < -0.39 is 15.9 Å². The number of benzene rings is 1. The lowest BCUT2D eigenvalue weighted by Gasteiger charge is -2.19. The van der Waals surface area contributed by atoms with Gasteiger partial charge in [0.25, 0.3) is 5.91 Å². The van der Waals surface area contributed by atoms with Crippen LogP contribution in [0.5, 0.6) is 0 Å². The lowest BCUT2D eigenvalue weighted by molar-refractivity contribution is -0.120. The van der Waals surface area contributed by atoms with Gasteiger partial charge in [0.05, 0.1) is 11.4 Å². The van der Waals surface area contributed by atoms with E-state index in [1.54, 1.807) is 13.8 Å². The summed E-state index contributed by atoms with van der Waals surface area (Å²) in [4.78, 5) is 24.4. The van der Waals surface area contributed by atoms with Gasteiger partial charge in [0.2, 0.25) is 15.9 Å². The maximum atomic E-state index is 12.6. The molecule has 0 saturated heterocycles. The van der Waals surface area contributed by atoms with E-state index in [4.69, 9.17) is 5.73 Å². The van der Waals surface area contributed by atoms with Gasteiger partial charge < -0.3 is 16.4 Å². The second-order valence-electron chi connectivity index (χ2n) is 6.55. The van der Waals surface area contributed by atoms with Crippen molar-refractivity contribution in [1.82, 2.24) is 14.9 Å². The van der Waals surface area contributed by atoms with E-state index in [0.717, 1.165) is 12.8 Å². The van der Waals surface area contributed by atoms with Gasteiger partial charge in [-0.25, -0.2) is 8.42 Å². The second-order valence-corrected chi connectivity index (χ2v) is 8.48. The van der Waals surface area contributed by atoms with Crippen LogP contribution >= 0.6 is 12.4 Å². The zero-order chi connectivity index (χ0) is 20.0. The van der Waals surface area contributed by atoms with E-state index >= 15 is 0 Å². The molecule has 28 heavy (non-hydrogen) atoms. The minimum Gasteiger partial charge on any atom is -0.350 e. The number of nitrogens with zero attached hydrogens (tertiary/aromatic N) is 1. The molecular formula is C18H29ClN4O4S. The minimum atomic E-state index is -3.65. The number of hydrogen-bond donors (Lipinski definition) is 3. The Morgan fingerprint density at radius 3 is 2.43 bits per heavy atom. The van der Waals surface area contributed by atoms with Crippen molar-refractivity contribution in [3.63, 3.8) is 0 Å². The van der Waals surface area contributed by atoms with E-state index in [2.05, 4.69) is 10.6 Å². The van der Waals surface area contributed by atoms with Crippen LogP contribution in [0.3, 0.4) is 0 Å². The molecular weight excluding hydrogens is 404 g/mol. The zero-order valence-corrected chi connectivity index (χ0v) is 17.8. The maximum Gasteiger partial charge on any atom is 0.251 e. The average Bonchev–Trinajstić information content (AvgIpc) is 3.50. The summed E-state index contributed by atoms with van der Waals surface area (Å²) in [6, 6.07) is 5.76. The first-order chi connectivity index (χ1) is 12.8. The van der Waals surface area contributed by atoms with Crippen LogP contribution in [0.1, 0.15) is 37.0 Å². The standard InChI is InChI=1S/C18H28N4O4S.ClH/c1-3-22(4-2)27(25,26)15-7-5-6-14(10-15)18(24)20-12-17(23)21-16(11-19)13-8-9-13;/h5-7,10,13,16H,3-4,8-9,11-12,19H2,1-2H3,(H,20,24)(H,21,23);1H. The number of nitrogens with one attached hydrogen (secondary N) is 2. The number of sulfonamides is 1. The van der Waals surface area contributed by atoms with Crippen molar-refractivity contribution in [3.8, 4) is 0 Å². The molecule has 1 unspecified atom stereocenters. The quantitative estimate of drug-likeness (QED) is 0.503. The van der Waals surface area contributed by atoms with Gasteiger partial charge in [-0.15, -0.1) is 12.4 Å². The Kier molecular flexibility index (Phi) is 9.35. The molecule has 1 aromatic rings. The Balaban J connectivity index is 0.00000392. The van der Waals surface area contributed by atoms with Crippen molar-refractivity contribution in [2.24, 2.45) is 11.7 Å². The number of halogens is 1. The van der Waals surface area contributed by atoms with E-state index in [1.165, 1.54) is 28.6 Å². The third-order valence-electron chi connectivity index (χ3n) is 4.64. The highest BCUT2D eigenvalue weighted by atomic mass is 35.5. The fraction of sp³-hybridized carbons (Fsp3) is 0.556. The topological polar surface area (TPSA) is 122 Å². The molecule has 158 valence electrons. The highest BCUT2D eigenvalue weighted by Gasteiger charge is 2.31. The fourth-order valence-electron chi connectivity index (χ4n) is 2.90. The number of hydrogen-bond acceptors (Lipinski definition) is 5. The van der Waals surface area contributed by atoms with Gasteiger partial charge in [-0.2, -0.15) is 4.31 Å². The molecule has 10 heteroatoms. The predicted octanol–water partition coefficient (Wildman–Crippen LogP) is 0.722. The minimum absolute atomic E-state index is 0. The van der Waals surface area contributed by atoms with Crippen LogP contribution in [-0.4, -0.2) is 56.8 Å². The molecule has 1 fully saturated rings. The molecule has 0 heterocycles. The first-order valence-electron chi connectivity index (χ1n) is 9.21.